The van der Waals surface area contributed by atoms with Crippen LogP contribution in [0.4, 0.5) is 5.69 Å². The fraction of sp³-hybridized carbons (Fsp3) is 0.429. The van der Waals surface area contributed by atoms with Crippen molar-refractivity contribution in [3.8, 4) is 0 Å². The molecule has 1 amide bonds. The number of anilines is 1. The maximum atomic E-state index is 12.0. The molecule has 1 rings (SSSR count). The summed E-state index contributed by atoms with van der Waals surface area (Å²) in [5, 5.41) is 0. The number of nitrogens with zero attached hydrogens (tertiary/aromatic N) is 1. The highest BCUT2D eigenvalue weighted by Gasteiger charge is 2.27. The lowest BCUT2D eigenvalue weighted by atomic mass is 10.2. The van der Waals surface area contributed by atoms with Gasteiger partial charge in [-0.25, -0.2) is 4.79 Å². The Balaban J connectivity index is 2.84. The summed E-state index contributed by atoms with van der Waals surface area (Å²) in [5.41, 5.74) is 0.0268. The number of para-hydroxylation sites is 1. The molecule has 0 bridgehead atoms. The van der Waals surface area contributed by atoms with E-state index in [1.807, 2.05) is 25.1 Å². The molecule has 0 aliphatic heterocycles. The van der Waals surface area contributed by atoms with Gasteiger partial charge in [-0.05, 0) is 39.8 Å². The van der Waals surface area contributed by atoms with Crippen LogP contribution in [0.15, 0.2) is 30.3 Å². The molecule has 0 N–H and O–H groups in total. The van der Waals surface area contributed by atoms with Crippen LogP contribution in [-0.4, -0.2) is 24.0 Å². The van der Waals surface area contributed by atoms with Crippen molar-refractivity contribution in [2.75, 3.05) is 11.4 Å². The van der Waals surface area contributed by atoms with Gasteiger partial charge in [0.1, 0.15) is 5.60 Å². The first-order valence-electron chi connectivity index (χ1n) is 5.95. The molecule has 0 unspecified atom stereocenters. The predicted octanol–water partition coefficient (Wildman–Crippen LogP) is 2.38. The summed E-state index contributed by atoms with van der Waals surface area (Å²) >= 11 is 0. The lowest BCUT2D eigenvalue weighted by Crippen LogP contribution is -2.40. The number of rotatable bonds is 2. The Bertz CT molecular complexity index is 420. The largest absolute Gasteiger partial charge is 0.453 e. The van der Waals surface area contributed by atoms with Gasteiger partial charge in [0.05, 0.1) is 0 Å². The van der Waals surface area contributed by atoms with Crippen molar-refractivity contribution in [2.24, 2.45) is 0 Å². The molecule has 0 saturated carbocycles. The molecule has 0 spiro atoms. The fourth-order valence-corrected chi connectivity index (χ4v) is 1.48. The Morgan fingerprint density at radius 2 is 1.72 bits per heavy atom. The van der Waals surface area contributed by atoms with Crippen LogP contribution in [0.2, 0.25) is 0 Å². The highest BCUT2D eigenvalue weighted by molar-refractivity contribution is 6.38. The van der Waals surface area contributed by atoms with Gasteiger partial charge in [-0.1, -0.05) is 18.2 Å². The van der Waals surface area contributed by atoms with Crippen LogP contribution < -0.4 is 4.90 Å². The van der Waals surface area contributed by atoms with Gasteiger partial charge in [-0.2, -0.15) is 0 Å². The maximum Gasteiger partial charge on any atom is 0.397 e. The second-order valence-electron chi connectivity index (χ2n) is 4.89. The molecular weight excluding hydrogens is 230 g/mol. The van der Waals surface area contributed by atoms with Crippen LogP contribution in [0.5, 0.6) is 0 Å². The maximum absolute atomic E-state index is 12.0. The second-order valence-corrected chi connectivity index (χ2v) is 4.89. The highest BCUT2D eigenvalue weighted by Crippen LogP contribution is 2.15. The highest BCUT2D eigenvalue weighted by atomic mass is 16.6. The van der Waals surface area contributed by atoms with Crippen molar-refractivity contribution < 1.29 is 14.3 Å². The minimum atomic E-state index is -0.826. The van der Waals surface area contributed by atoms with Crippen molar-refractivity contribution in [3.63, 3.8) is 0 Å². The third kappa shape index (κ3) is 3.87. The van der Waals surface area contributed by atoms with Gasteiger partial charge in [-0.3, -0.25) is 4.79 Å². The second kappa shape index (κ2) is 5.67. The molecule has 0 aliphatic rings. The number of esters is 1. The minimum Gasteiger partial charge on any atom is -0.453 e. The molecule has 18 heavy (non-hydrogen) atoms. The zero-order valence-electron chi connectivity index (χ0n) is 11.3. The van der Waals surface area contributed by atoms with Crippen LogP contribution >= 0.6 is 0 Å². The molecule has 0 atom stereocenters. The van der Waals surface area contributed by atoms with E-state index in [-0.39, 0.29) is 0 Å². The third-order valence-corrected chi connectivity index (χ3v) is 2.20. The van der Waals surface area contributed by atoms with Crippen molar-refractivity contribution in [3.05, 3.63) is 30.3 Å². The molecule has 0 saturated heterocycles. The average molecular weight is 249 g/mol. The van der Waals surface area contributed by atoms with Crippen LogP contribution in [-0.2, 0) is 14.3 Å². The zero-order chi connectivity index (χ0) is 13.8. The molecular formula is C14H19NO3. The van der Waals surface area contributed by atoms with E-state index >= 15 is 0 Å². The number of hydrogen-bond acceptors (Lipinski definition) is 3. The Kier molecular flexibility index (Phi) is 4.48. The molecule has 1 aromatic carbocycles. The fourth-order valence-electron chi connectivity index (χ4n) is 1.48. The molecule has 1 aromatic rings. The number of ether oxygens (including phenoxy) is 1. The van der Waals surface area contributed by atoms with Crippen molar-refractivity contribution in [1.29, 1.82) is 0 Å². The van der Waals surface area contributed by atoms with Crippen molar-refractivity contribution in [1.82, 2.24) is 0 Å². The number of carbonyl (C=O) groups excluding carboxylic acids is 2. The normalized spacial score (nSPS) is 10.9. The first-order chi connectivity index (χ1) is 8.35. The molecule has 0 radical (unpaired) electrons. The smallest absolute Gasteiger partial charge is 0.397 e. The summed E-state index contributed by atoms with van der Waals surface area (Å²) in [6.45, 7) is 7.43. The lowest BCUT2D eigenvalue weighted by Gasteiger charge is -2.23. The summed E-state index contributed by atoms with van der Waals surface area (Å²) in [4.78, 5) is 25.1. The van der Waals surface area contributed by atoms with Gasteiger partial charge in [0.25, 0.3) is 0 Å². The number of amides is 1. The number of carbonyl (C=O) groups is 2. The van der Waals surface area contributed by atoms with Gasteiger partial charge < -0.3 is 9.64 Å². The summed E-state index contributed by atoms with van der Waals surface area (Å²) in [5.74, 6) is -1.47. The summed E-state index contributed by atoms with van der Waals surface area (Å²) in [6, 6.07) is 9.06. The predicted molar refractivity (Wildman–Crippen MR) is 70.3 cm³/mol. The summed E-state index contributed by atoms with van der Waals surface area (Å²) < 4.78 is 5.07. The van der Waals surface area contributed by atoms with Crippen LogP contribution in [0.25, 0.3) is 0 Å². The monoisotopic (exact) mass is 249 g/mol. The number of likely N-dealkylation sites (N-methyl/N-ethyl adjacent to an activating group) is 1. The van der Waals surface area contributed by atoms with E-state index in [0.29, 0.717) is 12.2 Å². The van der Waals surface area contributed by atoms with E-state index in [9.17, 15) is 9.59 Å². The Labute approximate surface area is 108 Å². The van der Waals surface area contributed by atoms with Gasteiger partial charge in [-0.15, -0.1) is 0 Å². The Morgan fingerprint density at radius 1 is 1.17 bits per heavy atom. The summed E-state index contributed by atoms with van der Waals surface area (Å²) in [7, 11) is 0. The Morgan fingerprint density at radius 3 is 2.17 bits per heavy atom. The molecule has 0 heterocycles. The molecule has 0 aliphatic carbocycles. The first kappa shape index (κ1) is 14.2. The zero-order valence-corrected chi connectivity index (χ0v) is 11.3. The standard InChI is InChI=1S/C14H19NO3/c1-5-15(11-9-7-6-8-10-11)12(16)13(17)18-14(2,3)4/h6-10H,5H2,1-4H3. The van der Waals surface area contributed by atoms with Crippen molar-refractivity contribution in [2.45, 2.75) is 33.3 Å². The van der Waals surface area contributed by atoms with Crippen LogP contribution in [0, 0.1) is 0 Å². The van der Waals surface area contributed by atoms with Gasteiger partial charge in [0.15, 0.2) is 0 Å². The van der Waals surface area contributed by atoms with E-state index < -0.39 is 17.5 Å². The van der Waals surface area contributed by atoms with E-state index in [4.69, 9.17) is 4.74 Å². The van der Waals surface area contributed by atoms with E-state index in [0.717, 1.165) is 0 Å². The number of hydrogen-bond donors (Lipinski definition) is 0. The van der Waals surface area contributed by atoms with Gasteiger partial charge in [0.2, 0.25) is 0 Å². The van der Waals surface area contributed by atoms with Gasteiger partial charge >= 0.3 is 11.9 Å². The first-order valence-corrected chi connectivity index (χ1v) is 5.95. The third-order valence-electron chi connectivity index (χ3n) is 2.20. The van der Waals surface area contributed by atoms with Crippen LogP contribution in [0.3, 0.4) is 0 Å². The minimum absolute atomic E-state index is 0.419. The molecule has 0 aromatic heterocycles. The quantitative estimate of drug-likeness (QED) is 0.597. The molecule has 4 nitrogen and oxygen atoms in total. The molecule has 0 fully saturated rings. The van der Waals surface area contributed by atoms with Crippen LogP contribution in [0.1, 0.15) is 27.7 Å². The lowest BCUT2D eigenvalue weighted by molar-refractivity contribution is -0.162. The topological polar surface area (TPSA) is 46.6 Å². The Hall–Kier alpha value is -1.84. The summed E-state index contributed by atoms with van der Waals surface area (Å²) in [6.07, 6.45) is 0. The average Bonchev–Trinajstić information content (AvgIpc) is 2.29. The van der Waals surface area contributed by atoms with E-state index in [1.54, 1.807) is 32.9 Å². The molecule has 4 heteroatoms. The van der Waals surface area contributed by atoms with E-state index in [2.05, 4.69) is 0 Å². The van der Waals surface area contributed by atoms with Gasteiger partial charge in [0, 0.05) is 12.2 Å². The van der Waals surface area contributed by atoms with E-state index in [1.165, 1.54) is 4.90 Å². The SMILES string of the molecule is CCN(C(=O)C(=O)OC(C)(C)C)c1ccccc1. The molecule has 98 valence electrons. The van der Waals surface area contributed by atoms with Crippen molar-refractivity contribution >= 4 is 17.6 Å². The number of benzene rings is 1.